The van der Waals surface area contributed by atoms with Gasteiger partial charge in [-0.3, -0.25) is 14.9 Å². The standard InChI is InChI=1S/C14H10BrFN2O3/c1-8-2-5-13(18(20)21)12(6-8)17-14(19)10-4-3-9(16)7-11(10)15/h2-7H,1H3,(H,17,19). The van der Waals surface area contributed by atoms with Gasteiger partial charge in [-0.1, -0.05) is 6.07 Å². The molecule has 0 aromatic heterocycles. The largest absolute Gasteiger partial charge is 0.316 e. The molecule has 0 saturated carbocycles. The van der Waals surface area contributed by atoms with Gasteiger partial charge in [0.25, 0.3) is 11.6 Å². The van der Waals surface area contributed by atoms with E-state index in [1.54, 1.807) is 13.0 Å². The first-order chi connectivity index (χ1) is 9.88. The quantitative estimate of drug-likeness (QED) is 0.668. The molecule has 0 aliphatic heterocycles. The van der Waals surface area contributed by atoms with Crippen molar-refractivity contribution in [3.05, 3.63) is 67.9 Å². The van der Waals surface area contributed by atoms with Crippen molar-refractivity contribution < 1.29 is 14.1 Å². The highest BCUT2D eigenvalue weighted by Gasteiger charge is 2.18. The Hall–Kier alpha value is -2.28. The topological polar surface area (TPSA) is 72.2 Å². The summed E-state index contributed by atoms with van der Waals surface area (Å²) in [6, 6.07) is 8.01. The second-order valence-electron chi connectivity index (χ2n) is 4.36. The number of nitrogens with one attached hydrogen (secondary N) is 1. The lowest BCUT2D eigenvalue weighted by molar-refractivity contribution is -0.383. The summed E-state index contributed by atoms with van der Waals surface area (Å²) in [5.41, 5.74) is 0.856. The molecule has 0 bridgehead atoms. The van der Waals surface area contributed by atoms with E-state index in [1.165, 1.54) is 18.2 Å². The average Bonchev–Trinajstić information content (AvgIpc) is 2.37. The molecular formula is C14H10BrFN2O3. The number of hydrogen-bond donors (Lipinski definition) is 1. The van der Waals surface area contributed by atoms with Gasteiger partial charge in [0.2, 0.25) is 0 Å². The molecule has 0 heterocycles. The summed E-state index contributed by atoms with van der Waals surface area (Å²) in [4.78, 5) is 22.5. The first-order valence-electron chi connectivity index (χ1n) is 5.90. The molecule has 2 rings (SSSR count). The van der Waals surface area contributed by atoms with Crippen molar-refractivity contribution in [3.8, 4) is 0 Å². The molecule has 1 N–H and O–H groups in total. The Balaban J connectivity index is 2.35. The average molecular weight is 353 g/mol. The van der Waals surface area contributed by atoms with Gasteiger partial charge in [-0.15, -0.1) is 0 Å². The summed E-state index contributed by atoms with van der Waals surface area (Å²) in [6.45, 7) is 1.76. The van der Waals surface area contributed by atoms with Crippen LogP contribution < -0.4 is 5.32 Å². The maximum absolute atomic E-state index is 13.0. The third kappa shape index (κ3) is 3.43. The highest BCUT2D eigenvalue weighted by Crippen LogP contribution is 2.27. The van der Waals surface area contributed by atoms with Gasteiger partial charge in [-0.05, 0) is 52.7 Å². The first kappa shape index (κ1) is 15.1. The zero-order valence-corrected chi connectivity index (χ0v) is 12.5. The summed E-state index contributed by atoms with van der Waals surface area (Å²) >= 11 is 3.09. The normalized spacial score (nSPS) is 10.2. The van der Waals surface area contributed by atoms with E-state index >= 15 is 0 Å². The van der Waals surface area contributed by atoms with Crippen LogP contribution in [-0.4, -0.2) is 10.8 Å². The number of anilines is 1. The lowest BCUT2D eigenvalue weighted by Crippen LogP contribution is -2.14. The van der Waals surface area contributed by atoms with Crippen LogP contribution in [0.15, 0.2) is 40.9 Å². The molecule has 0 aliphatic carbocycles. The van der Waals surface area contributed by atoms with E-state index in [-0.39, 0.29) is 21.4 Å². The third-order valence-electron chi connectivity index (χ3n) is 2.77. The van der Waals surface area contributed by atoms with Crippen molar-refractivity contribution in [3.63, 3.8) is 0 Å². The Bertz CT molecular complexity index is 734. The molecule has 5 nitrogen and oxygen atoms in total. The summed E-state index contributed by atoms with van der Waals surface area (Å²) < 4.78 is 13.3. The summed E-state index contributed by atoms with van der Waals surface area (Å²) in [7, 11) is 0. The summed E-state index contributed by atoms with van der Waals surface area (Å²) in [6.07, 6.45) is 0. The van der Waals surface area contributed by atoms with Crippen LogP contribution in [0.2, 0.25) is 0 Å². The fourth-order valence-electron chi connectivity index (χ4n) is 1.77. The molecule has 108 valence electrons. The van der Waals surface area contributed by atoms with Crippen LogP contribution in [0.3, 0.4) is 0 Å². The van der Waals surface area contributed by atoms with Crippen molar-refractivity contribution >= 4 is 33.2 Å². The van der Waals surface area contributed by atoms with Crippen molar-refractivity contribution in [1.82, 2.24) is 0 Å². The lowest BCUT2D eigenvalue weighted by atomic mass is 10.1. The van der Waals surface area contributed by atoms with E-state index < -0.39 is 16.6 Å². The Labute approximate surface area is 128 Å². The number of nitro benzene ring substituents is 1. The van der Waals surface area contributed by atoms with Gasteiger partial charge in [0, 0.05) is 10.5 Å². The van der Waals surface area contributed by atoms with Gasteiger partial charge in [-0.2, -0.15) is 0 Å². The molecule has 0 saturated heterocycles. The van der Waals surface area contributed by atoms with Gasteiger partial charge >= 0.3 is 0 Å². The van der Waals surface area contributed by atoms with Gasteiger partial charge in [-0.25, -0.2) is 4.39 Å². The van der Waals surface area contributed by atoms with E-state index in [0.29, 0.717) is 0 Å². The molecule has 0 atom stereocenters. The summed E-state index contributed by atoms with van der Waals surface area (Å²) in [5.74, 6) is -1.05. The van der Waals surface area contributed by atoms with E-state index in [2.05, 4.69) is 21.2 Å². The van der Waals surface area contributed by atoms with Gasteiger partial charge in [0.15, 0.2) is 0 Å². The molecule has 1 amide bonds. The first-order valence-corrected chi connectivity index (χ1v) is 6.69. The van der Waals surface area contributed by atoms with Gasteiger partial charge in [0.1, 0.15) is 11.5 Å². The monoisotopic (exact) mass is 352 g/mol. The highest BCUT2D eigenvalue weighted by atomic mass is 79.9. The maximum Gasteiger partial charge on any atom is 0.292 e. The number of carbonyl (C=O) groups excluding carboxylic acids is 1. The molecule has 0 fully saturated rings. The minimum absolute atomic E-state index is 0.0984. The van der Waals surface area contributed by atoms with E-state index in [1.807, 2.05) is 0 Å². The van der Waals surface area contributed by atoms with E-state index in [0.717, 1.165) is 17.7 Å². The van der Waals surface area contributed by atoms with Gasteiger partial charge < -0.3 is 5.32 Å². The predicted molar refractivity (Wildman–Crippen MR) is 79.9 cm³/mol. The fraction of sp³-hybridized carbons (Fsp3) is 0.0714. The van der Waals surface area contributed by atoms with E-state index in [9.17, 15) is 19.3 Å². The fourth-order valence-corrected chi connectivity index (χ4v) is 2.30. The highest BCUT2D eigenvalue weighted by molar-refractivity contribution is 9.10. The van der Waals surface area contributed by atoms with E-state index in [4.69, 9.17) is 0 Å². The minimum Gasteiger partial charge on any atom is -0.316 e. The van der Waals surface area contributed by atoms with Crippen LogP contribution >= 0.6 is 15.9 Å². The van der Waals surface area contributed by atoms with Gasteiger partial charge in [0.05, 0.1) is 10.5 Å². The molecule has 0 unspecified atom stereocenters. The maximum atomic E-state index is 13.0. The molecule has 21 heavy (non-hydrogen) atoms. The molecule has 0 aliphatic rings. The smallest absolute Gasteiger partial charge is 0.292 e. The minimum atomic E-state index is -0.575. The van der Waals surface area contributed by atoms with Crippen LogP contribution in [0.1, 0.15) is 15.9 Å². The van der Waals surface area contributed by atoms with Crippen molar-refractivity contribution in [1.29, 1.82) is 0 Å². The second-order valence-corrected chi connectivity index (χ2v) is 5.21. The number of nitro groups is 1. The summed E-state index contributed by atoms with van der Waals surface area (Å²) in [5, 5.41) is 13.4. The number of rotatable bonds is 3. The molecule has 0 radical (unpaired) electrons. The molecule has 7 heteroatoms. The second kappa shape index (κ2) is 6.01. The van der Waals surface area contributed by atoms with Crippen molar-refractivity contribution in [2.75, 3.05) is 5.32 Å². The lowest BCUT2D eigenvalue weighted by Gasteiger charge is -2.08. The number of aryl methyl sites for hydroxylation is 1. The molecule has 2 aromatic carbocycles. The Morgan fingerprint density at radius 3 is 2.62 bits per heavy atom. The molecular weight excluding hydrogens is 343 g/mol. The van der Waals surface area contributed by atoms with Crippen molar-refractivity contribution in [2.24, 2.45) is 0 Å². The molecule has 0 spiro atoms. The SMILES string of the molecule is Cc1ccc([N+](=O)[O-])c(NC(=O)c2ccc(F)cc2Br)c1. The van der Waals surface area contributed by atoms with Crippen molar-refractivity contribution in [2.45, 2.75) is 6.92 Å². The Morgan fingerprint density at radius 2 is 2.00 bits per heavy atom. The third-order valence-corrected chi connectivity index (χ3v) is 3.43. The van der Waals surface area contributed by atoms with Crippen LogP contribution in [-0.2, 0) is 0 Å². The molecule has 2 aromatic rings. The Kier molecular flexibility index (Phi) is 4.32. The number of halogens is 2. The van der Waals surface area contributed by atoms with Crippen LogP contribution in [0.25, 0.3) is 0 Å². The zero-order valence-electron chi connectivity index (χ0n) is 10.9. The Morgan fingerprint density at radius 1 is 1.29 bits per heavy atom. The predicted octanol–water partition coefficient (Wildman–Crippen LogP) is 4.06. The number of amides is 1. The number of benzene rings is 2. The zero-order chi connectivity index (χ0) is 15.6. The van der Waals surface area contributed by atoms with Crippen LogP contribution in [0, 0.1) is 22.9 Å². The van der Waals surface area contributed by atoms with Crippen LogP contribution in [0.4, 0.5) is 15.8 Å². The number of hydrogen-bond acceptors (Lipinski definition) is 3. The number of carbonyl (C=O) groups is 1. The number of nitrogens with zero attached hydrogens (tertiary/aromatic N) is 1. The van der Waals surface area contributed by atoms with Crippen LogP contribution in [0.5, 0.6) is 0 Å².